The van der Waals surface area contributed by atoms with E-state index in [1.807, 2.05) is 37.3 Å². The van der Waals surface area contributed by atoms with Crippen molar-refractivity contribution in [2.75, 3.05) is 0 Å². The van der Waals surface area contributed by atoms with E-state index in [9.17, 15) is 19.8 Å². The third-order valence-corrected chi connectivity index (χ3v) is 5.52. The van der Waals surface area contributed by atoms with E-state index in [2.05, 4.69) is 5.16 Å². The SMILES string of the molecule is C[C@@H](O)[C@H]1C(=O)N2C(C(=O)[O-])=C([C@H]3ON=C(c4ccccc4)[C@@H]3C)C[C@H]12.[Na+]. The third kappa shape index (κ3) is 3.02. The van der Waals surface area contributed by atoms with Crippen molar-refractivity contribution in [3.63, 3.8) is 0 Å². The van der Waals surface area contributed by atoms with Gasteiger partial charge in [-0.05, 0) is 18.9 Å². The van der Waals surface area contributed by atoms with Crippen molar-refractivity contribution in [2.24, 2.45) is 17.0 Å². The third-order valence-electron chi connectivity index (χ3n) is 5.52. The Labute approximate surface area is 179 Å². The molecule has 3 aliphatic rings. The number of hydrogen-bond donors (Lipinski definition) is 1. The number of carbonyl (C=O) groups excluding carboxylic acids is 2. The van der Waals surface area contributed by atoms with Gasteiger partial charge in [-0.2, -0.15) is 0 Å². The van der Waals surface area contributed by atoms with Gasteiger partial charge in [0.15, 0.2) is 6.10 Å². The average molecular weight is 378 g/mol. The molecule has 1 aromatic carbocycles. The van der Waals surface area contributed by atoms with Crippen molar-refractivity contribution in [3.05, 3.63) is 47.2 Å². The zero-order valence-electron chi connectivity index (χ0n) is 15.5. The number of benzene rings is 1. The fourth-order valence-corrected chi connectivity index (χ4v) is 4.27. The van der Waals surface area contributed by atoms with E-state index >= 15 is 0 Å². The van der Waals surface area contributed by atoms with Crippen LogP contribution in [0.2, 0.25) is 0 Å². The summed E-state index contributed by atoms with van der Waals surface area (Å²) in [7, 11) is 0. The number of aliphatic carboxylic acids is 1. The Kier molecular flexibility index (Phi) is 5.49. The van der Waals surface area contributed by atoms with Gasteiger partial charge in [-0.15, -0.1) is 0 Å². The number of carbonyl (C=O) groups is 2. The second-order valence-electron chi connectivity index (χ2n) is 7.06. The van der Waals surface area contributed by atoms with Crippen LogP contribution < -0.4 is 34.7 Å². The summed E-state index contributed by atoms with van der Waals surface area (Å²) in [6.07, 6.45) is -1.05. The maximum Gasteiger partial charge on any atom is 1.00 e. The molecule has 1 aromatic rings. The van der Waals surface area contributed by atoms with Crippen LogP contribution in [0, 0.1) is 11.8 Å². The van der Waals surface area contributed by atoms with Gasteiger partial charge in [-0.1, -0.05) is 42.4 Å². The molecule has 7 nitrogen and oxygen atoms in total. The first-order valence-electron chi connectivity index (χ1n) is 8.66. The summed E-state index contributed by atoms with van der Waals surface area (Å²) in [6, 6.07) is 9.19. The first-order chi connectivity index (χ1) is 12.4. The predicted octanol–water partition coefficient (Wildman–Crippen LogP) is -2.95. The van der Waals surface area contributed by atoms with Crippen LogP contribution in [0.4, 0.5) is 0 Å². The molecule has 0 aliphatic carbocycles. The number of nitrogens with zero attached hydrogens (tertiary/aromatic N) is 2. The van der Waals surface area contributed by atoms with E-state index in [1.165, 1.54) is 4.90 Å². The maximum absolute atomic E-state index is 12.3. The summed E-state index contributed by atoms with van der Waals surface area (Å²) in [5.74, 6) is -2.54. The van der Waals surface area contributed by atoms with Crippen LogP contribution in [0.25, 0.3) is 0 Å². The van der Waals surface area contributed by atoms with E-state index in [0.29, 0.717) is 12.0 Å². The van der Waals surface area contributed by atoms with Crippen molar-refractivity contribution in [1.29, 1.82) is 0 Å². The molecule has 1 amide bonds. The number of aliphatic hydroxyl groups excluding tert-OH is 1. The second kappa shape index (κ2) is 7.39. The molecule has 1 N–H and O–H groups in total. The van der Waals surface area contributed by atoms with Crippen LogP contribution in [0.5, 0.6) is 0 Å². The molecule has 8 heteroatoms. The number of carboxylic acid groups (broad SMARTS) is 1. The van der Waals surface area contributed by atoms with E-state index in [-0.39, 0.29) is 53.1 Å². The van der Waals surface area contributed by atoms with Crippen LogP contribution >= 0.6 is 0 Å². The monoisotopic (exact) mass is 378 g/mol. The molecule has 1 fully saturated rings. The molecule has 0 spiro atoms. The summed E-state index contributed by atoms with van der Waals surface area (Å²) in [5.41, 5.74) is 2.04. The Morgan fingerprint density at radius 2 is 2.04 bits per heavy atom. The van der Waals surface area contributed by atoms with Gasteiger partial charge in [0.05, 0.1) is 35.4 Å². The van der Waals surface area contributed by atoms with Gasteiger partial charge in [0.1, 0.15) is 0 Å². The topological polar surface area (TPSA) is 102 Å². The Hall–Kier alpha value is -1.67. The molecule has 0 saturated carbocycles. The molecule has 27 heavy (non-hydrogen) atoms. The number of fused-ring (bicyclic) bond motifs is 1. The fourth-order valence-electron chi connectivity index (χ4n) is 4.27. The van der Waals surface area contributed by atoms with Crippen molar-refractivity contribution < 1.29 is 54.2 Å². The molecule has 136 valence electrons. The summed E-state index contributed by atoms with van der Waals surface area (Å²) in [6.45, 7) is 3.47. The summed E-state index contributed by atoms with van der Waals surface area (Å²) in [5, 5.41) is 25.7. The van der Waals surface area contributed by atoms with E-state index in [1.54, 1.807) is 6.92 Å². The van der Waals surface area contributed by atoms with E-state index < -0.39 is 24.1 Å². The summed E-state index contributed by atoms with van der Waals surface area (Å²) in [4.78, 5) is 30.8. The Balaban J connectivity index is 0.00000210. The smallest absolute Gasteiger partial charge is 0.543 e. The first-order valence-corrected chi connectivity index (χ1v) is 8.66. The zero-order valence-corrected chi connectivity index (χ0v) is 17.5. The van der Waals surface area contributed by atoms with Crippen LogP contribution in [0.1, 0.15) is 25.8 Å². The van der Waals surface area contributed by atoms with Gasteiger partial charge in [0.2, 0.25) is 5.91 Å². The second-order valence-corrected chi connectivity index (χ2v) is 7.06. The number of aliphatic hydroxyl groups is 1. The Morgan fingerprint density at radius 3 is 2.63 bits per heavy atom. The molecule has 0 bridgehead atoms. The maximum atomic E-state index is 12.3. The molecule has 0 radical (unpaired) electrons. The Morgan fingerprint density at radius 1 is 1.37 bits per heavy atom. The minimum Gasteiger partial charge on any atom is -0.543 e. The minimum atomic E-state index is -1.40. The van der Waals surface area contributed by atoms with Crippen LogP contribution in [0.15, 0.2) is 46.8 Å². The van der Waals surface area contributed by atoms with Gasteiger partial charge in [-0.25, -0.2) is 0 Å². The molecular formula is C19H19N2NaO5. The van der Waals surface area contributed by atoms with Gasteiger partial charge in [0.25, 0.3) is 0 Å². The van der Waals surface area contributed by atoms with Crippen molar-refractivity contribution in [3.8, 4) is 0 Å². The van der Waals surface area contributed by atoms with Gasteiger partial charge in [0, 0.05) is 11.5 Å². The fraction of sp³-hybridized carbons (Fsp3) is 0.421. The van der Waals surface area contributed by atoms with Crippen molar-refractivity contribution in [1.82, 2.24) is 4.90 Å². The molecule has 0 aromatic heterocycles. The molecule has 3 heterocycles. The van der Waals surface area contributed by atoms with Gasteiger partial charge in [-0.3, -0.25) is 4.79 Å². The number of hydrogen-bond acceptors (Lipinski definition) is 6. The van der Waals surface area contributed by atoms with E-state index in [0.717, 1.165) is 11.3 Å². The first kappa shape index (κ1) is 20.1. The Bertz CT molecular complexity index is 836. The average Bonchev–Trinajstić information content (AvgIpc) is 3.13. The van der Waals surface area contributed by atoms with Crippen LogP contribution in [-0.2, 0) is 14.4 Å². The number of oxime groups is 1. The molecule has 5 atom stereocenters. The zero-order chi connectivity index (χ0) is 18.6. The van der Waals surface area contributed by atoms with Crippen molar-refractivity contribution >= 4 is 17.6 Å². The van der Waals surface area contributed by atoms with Gasteiger partial charge >= 0.3 is 29.6 Å². The van der Waals surface area contributed by atoms with Crippen LogP contribution in [-0.4, -0.2) is 45.8 Å². The molecule has 4 rings (SSSR count). The standard InChI is InChI=1S/C19H20N2O5.Na/c1-9-15(11-6-4-3-5-7-11)20-26-17(9)12-8-13-14(10(2)22)18(23)21(13)16(12)19(24)25;/h3-7,9-10,13-14,17,22H,8H2,1-2H3,(H,24,25);/q;+1/p-1/t9-,10+,13+,14+,17-;/m0./s1. The normalized spacial score (nSPS) is 30.1. The minimum absolute atomic E-state index is 0. The summed E-state index contributed by atoms with van der Waals surface area (Å²) >= 11 is 0. The molecule has 0 unspecified atom stereocenters. The van der Waals surface area contributed by atoms with Gasteiger partial charge < -0.3 is 24.7 Å². The molecule has 3 aliphatic heterocycles. The molecule has 1 saturated heterocycles. The number of rotatable bonds is 4. The number of carboxylic acids is 1. The summed E-state index contributed by atoms with van der Waals surface area (Å²) < 4.78 is 0. The van der Waals surface area contributed by atoms with Crippen molar-refractivity contribution in [2.45, 2.75) is 38.5 Å². The van der Waals surface area contributed by atoms with Crippen LogP contribution in [0.3, 0.4) is 0 Å². The number of amides is 1. The van der Waals surface area contributed by atoms with E-state index in [4.69, 9.17) is 4.84 Å². The molecular weight excluding hydrogens is 359 g/mol. The largest absolute Gasteiger partial charge is 1.00 e. The quantitative estimate of drug-likeness (QED) is 0.446. The number of β-lactam (4-membered cyclic amide) rings is 1. The predicted molar refractivity (Wildman–Crippen MR) is 89.5 cm³/mol.